The third-order valence-electron chi connectivity index (χ3n) is 3.24. The average Bonchev–Trinajstić information content (AvgIpc) is 2.66. The van der Waals surface area contributed by atoms with Crippen molar-refractivity contribution < 1.29 is 28.7 Å². The maximum Gasteiger partial charge on any atom is 0.326 e. The van der Waals surface area contributed by atoms with E-state index in [1.807, 2.05) is 5.32 Å². The van der Waals surface area contributed by atoms with Crippen molar-refractivity contribution in [3.63, 3.8) is 0 Å². The van der Waals surface area contributed by atoms with Crippen molar-refractivity contribution in [2.24, 2.45) is 5.73 Å². The van der Waals surface area contributed by atoms with Crippen LogP contribution in [0.4, 0.5) is 10.5 Å². The zero-order valence-corrected chi connectivity index (χ0v) is 13.0. The van der Waals surface area contributed by atoms with E-state index in [0.717, 1.165) is 0 Å². The number of carbonyl (C=O) groups excluding carboxylic acids is 4. The molecule has 0 saturated carbocycles. The van der Waals surface area contributed by atoms with E-state index < -0.39 is 24.0 Å². The number of nitrogens with zero attached hydrogens (tertiary/aromatic N) is 1. The summed E-state index contributed by atoms with van der Waals surface area (Å²) in [6.07, 6.45) is -1.11. The molecule has 1 heterocycles. The first-order chi connectivity index (χ1) is 11.4. The van der Waals surface area contributed by atoms with Crippen molar-refractivity contribution in [2.75, 3.05) is 18.1 Å². The van der Waals surface area contributed by atoms with E-state index in [1.54, 1.807) is 24.3 Å². The van der Waals surface area contributed by atoms with Crippen LogP contribution in [0.1, 0.15) is 13.3 Å². The third-order valence-corrected chi connectivity index (χ3v) is 3.24. The molecule has 1 aromatic carbocycles. The smallest absolute Gasteiger partial charge is 0.326 e. The van der Waals surface area contributed by atoms with E-state index in [1.165, 1.54) is 11.8 Å². The Kier molecular flexibility index (Phi) is 5.35. The summed E-state index contributed by atoms with van der Waals surface area (Å²) in [7, 11) is 0. The van der Waals surface area contributed by atoms with Crippen LogP contribution in [-0.4, -0.2) is 43.1 Å². The van der Waals surface area contributed by atoms with Crippen molar-refractivity contribution in [3.8, 4) is 5.75 Å². The maximum atomic E-state index is 12.2. The highest BCUT2D eigenvalue weighted by Gasteiger charge is 2.27. The molecule has 3 N–H and O–H groups in total. The van der Waals surface area contributed by atoms with Gasteiger partial charge in [-0.3, -0.25) is 24.6 Å². The van der Waals surface area contributed by atoms with Crippen molar-refractivity contribution in [3.05, 3.63) is 24.3 Å². The quantitative estimate of drug-likeness (QED) is 0.741. The Morgan fingerprint density at radius 3 is 2.79 bits per heavy atom. The molecule has 2 rings (SSSR count). The lowest BCUT2D eigenvalue weighted by atomic mass is 10.2. The molecule has 0 saturated heterocycles. The molecule has 1 atom stereocenters. The SMILES string of the molecule is C[C@H](OC(=O)CN1C(=O)CCOc2ccccc21)C(=O)NC(N)=O. The van der Waals surface area contributed by atoms with Crippen LogP contribution in [0.15, 0.2) is 24.3 Å². The van der Waals surface area contributed by atoms with Crippen molar-refractivity contribution in [1.82, 2.24) is 5.32 Å². The van der Waals surface area contributed by atoms with Crippen LogP contribution in [0.3, 0.4) is 0 Å². The minimum Gasteiger partial charge on any atom is -0.491 e. The number of ether oxygens (including phenoxy) is 2. The van der Waals surface area contributed by atoms with Crippen LogP contribution in [0.2, 0.25) is 0 Å². The normalized spacial score (nSPS) is 14.7. The molecule has 24 heavy (non-hydrogen) atoms. The van der Waals surface area contributed by atoms with Gasteiger partial charge in [0.15, 0.2) is 6.10 Å². The minimum absolute atomic E-state index is 0.111. The van der Waals surface area contributed by atoms with Crippen molar-refractivity contribution in [2.45, 2.75) is 19.4 Å². The molecule has 4 amide bonds. The Bertz CT molecular complexity index is 675. The van der Waals surface area contributed by atoms with Crippen molar-refractivity contribution in [1.29, 1.82) is 0 Å². The molecule has 0 unspecified atom stereocenters. The molecule has 0 bridgehead atoms. The molecule has 128 valence electrons. The number of para-hydroxylation sites is 2. The third kappa shape index (κ3) is 4.22. The summed E-state index contributed by atoms with van der Waals surface area (Å²) in [6.45, 7) is 1.11. The molecular formula is C15H17N3O6. The highest BCUT2D eigenvalue weighted by Crippen LogP contribution is 2.30. The van der Waals surface area contributed by atoms with Gasteiger partial charge in [-0.25, -0.2) is 4.79 Å². The first kappa shape index (κ1) is 17.3. The number of nitrogens with one attached hydrogen (secondary N) is 1. The van der Waals surface area contributed by atoms with Gasteiger partial charge in [-0.05, 0) is 19.1 Å². The summed E-state index contributed by atoms with van der Waals surface area (Å²) in [4.78, 5) is 47.6. The van der Waals surface area contributed by atoms with E-state index in [-0.39, 0.29) is 25.5 Å². The number of amides is 4. The van der Waals surface area contributed by atoms with Gasteiger partial charge in [0.1, 0.15) is 12.3 Å². The number of anilines is 1. The molecule has 0 spiro atoms. The number of hydrogen-bond donors (Lipinski definition) is 2. The van der Waals surface area contributed by atoms with Gasteiger partial charge in [0.2, 0.25) is 5.91 Å². The predicted molar refractivity (Wildman–Crippen MR) is 82.2 cm³/mol. The predicted octanol–water partition coefficient (Wildman–Crippen LogP) is -0.0713. The molecule has 9 heteroatoms. The molecule has 0 fully saturated rings. The number of hydrogen-bond acceptors (Lipinski definition) is 6. The molecule has 9 nitrogen and oxygen atoms in total. The van der Waals surface area contributed by atoms with Crippen LogP contribution in [0, 0.1) is 0 Å². The lowest BCUT2D eigenvalue weighted by molar-refractivity contribution is -0.153. The van der Waals surface area contributed by atoms with Crippen molar-refractivity contribution >= 4 is 29.5 Å². The highest BCUT2D eigenvalue weighted by atomic mass is 16.5. The standard InChI is InChI=1S/C15H17N3O6/c1-9(14(21)17-15(16)22)24-13(20)8-18-10-4-2-3-5-11(10)23-7-6-12(18)19/h2-5,9H,6-8H2,1H3,(H3,16,17,21,22)/t9-/m0/s1. The summed E-state index contributed by atoms with van der Waals surface area (Å²) >= 11 is 0. The zero-order chi connectivity index (χ0) is 17.7. The lowest BCUT2D eigenvalue weighted by Gasteiger charge is -2.21. The molecule has 1 aromatic rings. The first-order valence-corrected chi connectivity index (χ1v) is 7.20. The lowest BCUT2D eigenvalue weighted by Crippen LogP contribution is -2.44. The van der Waals surface area contributed by atoms with Crippen LogP contribution in [0.25, 0.3) is 0 Å². The van der Waals surface area contributed by atoms with E-state index in [0.29, 0.717) is 11.4 Å². The van der Waals surface area contributed by atoms with E-state index >= 15 is 0 Å². The van der Waals surface area contributed by atoms with Gasteiger partial charge >= 0.3 is 12.0 Å². The molecule has 1 aliphatic rings. The fourth-order valence-electron chi connectivity index (χ4n) is 2.13. The second kappa shape index (κ2) is 7.44. The number of rotatable bonds is 4. The number of fused-ring (bicyclic) bond motifs is 1. The first-order valence-electron chi connectivity index (χ1n) is 7.20. The Labute approximate surface area is 137 Å². The zero-order valence-electron chi connectivity index (χ0n) is 13.0. The second-order valence-electron chi connectivity index (χ2n) is 5.03. The summed E-state index contributed by atoms with van der Waals surface area (Å²) in [5.74, 6) is -1.46. The van der Waals surface area contributed by atoms with Gasteiger partial charge in [-0.15, -0.1) is 0 Å². The van der Waals surface area contributed by atoms with E-state index in [4.69, 9.17) is 15.2 Å². The molecule has 0 aliphatic carbocycles. The highest BCUT2D eigenvalue weighted by molar-refractivity contribution is 6.00. The molecule has 0 aromatic heterocycles. The average molecular weight is 335 g/mol. The molecular weight excluding hydrogens is 318 g/mol. The second-order valence-corrected chi connectivity index (χ2v) is 5.03. The Morgan fingerprint density at radius 2 is 2.08 bits per heavy atom. The molecule has 0 radical (unpaired) electrons. The fraction of sp³-hybridized carbons (Fsp3) is 0.333. The van der Waals surface area contributed by atoms with Gasteiger partial charge in [0, 0.05) is 0 Å². The minimum atomic E-state index is -1.22. The summed E-state index contributed by atoms with van der Waals surface area (Å²) in [5.41, 5.74) is 5.27. The van der Waals surface area contributed by atoms with E-state index in [9.17, 15) is 19.2 Å². The van der Waals surface area contributed by atoms with Crippen LogP contribution < -0.4 is 20.7 Å². The number of nitrogens with two attached hydrogens (primary N) is 1. The number of carbonyl (C=O) groups is 4. The van der Waals surface area contributed by atoms with E-state index in [2.05, 4.69) is 0 Å². The number of imide groups is 1. The Balaban J connectivity index is 2.06. The summed E-state index contributed by atoms with van der Waals surface area (Å²) in [5, 5.41) is 1.81. The van der Waals surface area contributed by atoms with Gasteiger partial charge < -0.3 is 15.2 Å². The van der Waals surface area contributed by atoms with Crippen LogP contribution in [0.5, 0.6) is 5.75 Å². The van der Waals surface area contributed by atoms with Gasteiger partial charge in [-0.1, -0.05) is 12.1 Å². The number of benzene rings is 1. The monoisotopic (exact) mass is 335 g/mol. The van der Waals surface area contributed by atoms with Crippen LogP contribution >= 0.6 is 0 Å². The van der Waals surface area contributed by atoms with Crippen LogP contribution in [-0.2, 0) is 19.1 Å². The topological polar surface area (TPSA) is 128 Å². The Hall–Kier alpha value is -3.10. The summed E-state index contributed by atoms with van der Waals surface area (Å²) in [6, 6.07) is 5.75. The molecule has 1 aliphatic heterocycles. The maximum absolute atomic E-state index is 12.2. The number of primary amides is 1. The summed E-state index contributed by atoms with van der Waals surface area (Å²) < 4.78 is 10.4. The Morgan fingerprint density at radius 1 is 1.38 bits per heavy atom. The fourth-order valence-corrected chi connectivity index (χ4v) is 2.13. The van der Waals surface area contributed by atoms with Gasteiger partial charge in [0.25, 0.3) is 5.91 Å². The van der Waals surface area contributed by atoms with Gasteiger partial charge in [-0.2, -0.15) is 0 Å². The number of esters is 1. The number of urea groups is 1. The largest absolute Gasteiger partial charge is 0.491 e. The van der Waals surface area contributed by atoms with Gasteiger partial charge in [0.05, 0.1) is 18.7 Å².